The highest BCUT2D eigenvalue weighted by Gasteiger charge is 3.01. The zero-order chi connectivity index (χ0) is 29.8. The molecule has 9 atom stereocenters. The van der Waals surface area contributed by atoms with Gasteiger partial charge in [0.15, 0.2) is 11.7 Å². The number of rotatable bonds is 8. The van der Waals surface area contributed by atoms with Crippen LogP contribution in [0.4, 0.5) is 0 Å². The van der Waals surface area contributed by atoms with Crippen molar-refractivity contribution in [3.8, 4) is 0 Å². The van der Waals surface area contributed by atoms with E-state index in [-0.39, 0.29) is 54.4 Å². The molecule has 5 unspecified atom stereocenters. The third kappa shape index (κ3) is 3.63. The van der Waals surface area contributed by atoms with E-state index >= 15 is 0 Å². The molecule has 5 fully saturated rings. The summed E-state index contributed by atoms with van der Waals surface area (Å²) < 4.78 is 30.9. The van der Waals surface area contributed by atoms with Crippen molar-refractivity contribution in [2.24, 2.45) is 23.0 Å². The number of carboxylic acid groups (broad SMARTS) is 1. The molecule has 2 spiro atoms. The second-order valence-electron chi connectivity index (χ2n) is 13.1. The minimum absolute atomic E-state index is 0.0632. The van der Waals surface area contributed by atoms with Crippen LogP contribution in [0, 0.1) is 17.3 Å². The van der Waals surface area contributed by atoms with Gasteiger partial charge < -0.3 is 49.8 Å². The number of carbonyl (C=O) groups is 3. The Kier molecular flexibility index (Phi) is 6.49. The average molecular weight is 582 g/mol. The largest absolute Gasteiger partial charge is 0.481 e. The zero-order valence-corrected chi connectivity index (χ0v) is 23.5. The number of nitrogens with two attached hydrogens (primary N) is 1. The van der Waals surface area contributed by atoms with E-state index < -0.39 is 60.2 Å². The van der Waals surface area contributed by atoms with Gasteiger partial charge in [0.2, 0.25) is 0 Å². The van der Waals surface area contributed by atoms with Crippen LogP contribution < -0.4 is 5.73 Å². The molecule has 6 N–H and O–H groups in total. The predicted octanol–water partition coefficient (Wildman–Crippen LogP) is -0.820. The first-order chi connectivity index (χ1) is 19.3. The van der Waals surface area contributed by atoms with E-state index in [2.05, 4.69) is 6.92 Å². The molecule has 7 rings (SSSR count). The van der Waals surface area contributed by atoms with Crippen molar-refractivity contribution in [2.75, 3.05) is 26.4 Å². The van der Waals surface area contributed by atoms with Crippen LogP contribution in [0.15, 0.2) is 11.1 Å². The SMILES string of the molecule is CC(C)[C@]12OC1C1O[C@@]13[C@]1(OC1CC1C4=C(CC[C@@]13C)C(=O)OC4)C2OC(=O)CCC(=O)O.NC(CO)(CO)CO. The van der Waals surface area contributed by atoms with Crippen LogP contribution in [0.25, 0.3) is 0 Å². The standard InChI is InChI=1S/C24H28O9.C4H11NO3/c1-10(2)22-17(32-22)18-24(33-18)21(3)7-6-11-12(9-29-19(11)28)13(21)8-14-23(24,31-14)20(22)30-16(27)5-4-15(25)26;5-4(1-6,2-7)3-8/h10,13-14,17-18,20H,4-9H2,1-3H3,(H,25,26);6-8H,1-3,5H2/t13?,14?,17?,18?,20?,21-,22-,23+,24-;/m0./s1. The van der Waals surface area contributed by atoms with Gasteiger partial charge in [0.25, 0.3) is 0 Å². The molecule has 0 aromatic carbocycles. The highest BCUT2D eigenvalue weighted by molar-refractivity contribution is 5.92. The molecule has 4 heterocycles. The maximum absolute atomic E-state index is 12.7. The van der Waals surface area contributed by atoms with Gasteiger partial charge in [-0.2, -0.15) is 0 Å². The Labute approximate surface area is 236 Å². The Morgan fingerprint density at radius 3 is 2.37 bits per heavy atom. The maximum atomic E-state index is 12.7. The van der Waals surface area contributed by atoms with Crippen LogP contribution >= 0.6 is 0 Å². The van der Waals surface area contributed by atoms with E-state index in [4.69, 9.17) is 49.8 Å². The first kappa shape index (κ1) is 29.0. The van der Waals surface area contributed by atoms with Crippen LogP contribution in [-0.2, 0) is 38.1 Å². The molecular weight excluding hydrogens is 542 g/mol. The summed E-state index contributed by atoms with van der Waals surface area (Å²) in [6.07, 6.45) is 0.464. The number of aliphatic carboxylic acids is 1. The minimum Gasteiger partial charge on any atom is -0.481 e. The van der Waals surface area contributed by atoms with Gasteiger partial charge in [-0.3, -0.25) is 9.59 Å². The highest BCUT2D eigenvalue weighted by atomic mass is 16.8. The summed E-state index contributed by atoms with van der Waals surface area (Å²) in [5.74, 6) is -1.63. The lowest BCUT2D eigenvalue weighted by Crippen LogP contribution is -2.70. The molecule has 0 radical (unpaired) electrons. The predicted molar refractivity (Wildman–Crippen MR) is 136 cm³/mol. The lowest BCUT2D eigenvalue weighted by Gasteiger charge is -2.53. The molecule has 0 amide bonds. The van der Waals surface area contributed by atoms with Crippen molar-refractivity contribution < 1.29 is 58.5 Å². The molecule has 7 aliphatic rings. The lowest BCUT2D eigenvalue weighted by molar-refractivity contribution is -0.170. The summed E-state index contributed by atoms with van der Waals surface area (Å²) in [4.78, 5) is 36.0. The number of aliphatic hydroxyl groups is 3. The number of carboxylic acids is 1. The van der Waals surface area contributed by atoms with Gasteiger partial charge in [-0.05, 0) is 36.7 Å². The number of hydrogen-bond acceptors (Lipinski definition) is 12. The second kappa shape index (κ2) is 9.18. The molecule has 0 aromatic heterocycles. The number of cyclic esters (lactones) is 1. The Morgan fingerprint density at radius 2 is 1.78 bits per heavy atom. The van der Waals surface area contributed by atoms with Crippen LogP contribution in [0.2, 0.25) is 0 Å². The number of esters is 2. The Morgan fingerprint density at radius 1 is 1.10 bits per heavy atom. The fraction of sp³-hybridized carbons (Fsp3) is 0.821. The van der Waals surface area contributed by atoms with E-state index in [1.807, 2.05) is 13.8 Å². The molecule has 3 aliphatic carbocycles. The molecule has 0 aromatic rings. The van der Waals surface area contributed by atoms with Crippen LogP contribution in [0.3, 0.4) is 0 Å². The molecule has 2 saturated carbocycles. The highest BCUT2D eigenvalue weighted by Crippen LogP contribution is 2.83. The monoisotopic (exact) mass is 581 g/mol. The number of carbonyl (C=O) groups excluding carboxylic acids is 2. The smallest absolute Gasteiger partial charge is 0.334 e. The Hall–Kier alpha value is -2.13. The van der Waals surface area contributed by atoms with Gasteiger partial charge in [-0.1, -0.05) is 20.8 Å². The van der Waals surface area contributed by atoms with Crippen molar-refractivity contribution in [3.63, 3.8) is 0 Å². The van der Waals surface area contributed by atoms with Gasteiger partial charge in [-0.25, -0.2) is 4.79 Å². The number of ether oxygens (including phenoxy) is 5. The topological polar surface area (TPSA) is 214 Å². The molecule has 3 saturated heterocycles. The number of hydrogen-bond donors (Lipinski definition) is 5. The normalized spacial score (nSPS) is 44.1. The Bertz CT molecular complexity index is 1190. The summed E-state index contributed by atoms with van der Waals surface area (Å²) >= 11 is 0. The molecule has 4 aliphatic heterocycles. The molecule has 0 bridgehead atoms. The fourth-order valence-electron chi connectivity index (χ4n) is 8.39. The van der Waals surface area contributed by atoms with E-state index in [9.17, 15) is 14.4 Å². The number of fused-ring (bicyclic) bond motifs is 4. The van der Waals surface area contributed by atoms with E-state index in [0.717, 1.165) is 17.6 Å². The second-order valence-corrected chi connectivity index (χ2v) is 13.1. The van der Waals surface area contributed by atoms with Crippen molar-refractivity contribution >= 4 is 17.9 Å². The first-order valence-corrected chi connectivity index (χ1v) is 14.3. The van der Waals surface area contributed by atoms with Gasteiger partial charge in [0.05, 0.1) is 44.3 Å². The van der Waals surface area contributed by atoms with Gasteiger partial charge in [-0.15, -0.1) is 0 Å². The quantitative estimate of drug-likeness (QED) is 0.175. The average Bonchev–Trinajstić information content (AvgIpc) is 3.86. The van der Waals surface area contributed by atoms with Gasteiger partial charge >= 0.3 is 17.9 Å². The number of aliphatic hydroxyl groups excluding tert-OH is 3. The Balaban J connectivity index is 0.000000334. The zero-order valence-electron chi connectivity index (χ0n) is 23.5. The maximum Gasteiger partial charge on any atom is 0.334 e. The first-order valence-electron chi connectivity index (χ1n) is 14.3. The molecule has 41 heavy (non-hydrogen) atoms. The summed E-state index contributed by atoms with van der Waals surface area (Å²) in [5.41, 5.74) is 3.37. The van der Waals surface area contributed by atoms with Crippen molar-refractivity contribution in [1.29, 1.82) is 0 Å². The van der Waals surface area contributed by atoms with Crippen molar-refractivity contribution in [3.05, 3.63) is 11.1 Å². The number of epoxide rings is 3. The summed E-state index contributed by atoms with van der Waals surface area (Å²) in [7, 11) is 0. The van der Waals surface area contributed by atoms with Crippen LogP contribution in [0.1, 0.15) is 52.9 Å². The molecule has 228 valence electrons. The van der Waals surface area contributed by atoms with E-state index in [0.29, 0.717) is 19.4 Å². The van der Waals surface area contributed by atoms with Crippen molar-refractivity contribution in [1.82, 2.24) is 0 Å². The lowest BCUT2D eigenvalue weighted by atomic mass is 9.46. The third-order valence-corrected chi connectivity index (χ3v) is 10.8. The van der Waals surface area contributed by atoms with Crippen LogP contribution in [-0.4, -0.2) is 112 Å². The van der Waals surface area contributed by atoms with Gasteiger partial charge in [0.1, 0.15) is 30.0 Å². The third-order valence-electron chi connectivity index (χ3n) is 10.8. The molecular formula is C28H39NO12. The minimum atomic E-state index is -1.21. The molecule has 13 nitrogen and oxygen atoms in total. The summed E-state index contributed by atoms with van der Waals surface area (Å²) in [5, 5.41) is 34.0. The van der Waals surface area contributed by atoms with Crippen LogP contribution in [0.5, 0.6) is 0 Å². The molecule has 13 heteroatoms. The summed E-state index contributed by atoms with van der Waals surface area (Å²) in [6.45, 7) is 5.44. The summed E-state index contributed by atoms with van der Waals surface area (Å²) in [6, 6.07) is 0. The fourth-order valence-corrected chi connectivity index (χ4v) is 8.39. The van der Waals surface area contributed by atoms with E-state index in [1.54, 1.807) is 0 Å². The van der Waals surface area contributed by atoms with Crippen molar-refractivity contribution in [2.45, 2.75) is 99.6 Å². The van der Waals surface area contributed by atoms with E-state index in [1.165, 1.54) is 0 Å². The van der Waals surface area contributed by atoms with Gasteiger partial charge in [0, 0.05) is 11.0 Å².